The van der Waals surface area contributed by atoms with Gasteiger partial charge in [-0.05, 0) is 12.1 Å². The summed E-state index contributed by atoms with van der Waals surface area (Å²) in [6.45, 7) is 0. The van der Waals surface area contributed by atoms with Crippen LogP contribution in [0.3, 0.4) is 0 Å². The van der Waals surface area contributed by atoms with E-state index in [9.17, 15) is 0 Å². The SMILES string of the molecule is Nc1ccc2onncc1-2. The van der Waals surface area contributed by atoms with Crippen LogP contribution in [0.2, 0.25) is 0 Å². The van der Waals surface area contributed by atoms with Gasteiger partial charge in [-0.1, -0.05) is 0 Å². The van der Waals surface area contributed by atoms with Gasteiger partial charge in [0.2, 0.25) is 0 Å². The van der Waals surface area contributed by atoms with E-state index in [0.717, 1.165) is 5.56 Å². The molecule has 0 aromatic heterocycles. The molecule has 4 nitrogen and oxygen atoms in total. The fourth-order valence-corrected chi connectivity index (χ4v) is 0.854. The van der Waals surface area contributed by atoms with Gasteiger partial charge in [-0.25, -0.2) is 0 Å². The molecule has 0 saturated carbocycles. The van der Waals surface area contributed by atoms with Gasteiger partial charge >= 0.3 is 0 Å². The summed E-state index contributed by atoms with van der Waals surface area (Å²) in [4.78, 5) is 0. The smallest absolute Gasteiger partial charge is 0.170 e. The van der Waals surface area contributed by atoms with Gasteiger partial charge in [-0.3, -0.25) is 0 Å². The molecule has 0 spiro atoms. The predicted octanol–water partition coefficient (Wildman–Crippen LogP) is 0.757. The Balaban J connectivity index is 2.78. The normalized spacial score (nSPS) is 10.4. The Labute approximate surface area is 57.0 Å². The van der Waals surface area contributed by atoms with E-state index in [1.165, 1.54) is 0 Å². The molecule has 0 bridgehead atoms. The third kappa shape index (κ3) is 0.556. The zero-order valence-corrected chi connectivity index (χ0v) is 5.11. The van der Waals surface area contributed by atoms with Crippen LogP contribution in [0.15, 0.2) is 22.9 Å². The number of nitrogen functional groups attached to an aromatic ring is 1. The lowest BCUT2D eigenvalue weighted by atomic mass is 10.3. The highest BCUT2D eigenvalue weighted by Crippen LogP contribution is 2.27. The first kappa shape index (κ1) is 5.22. The molecule has 2 rings (SSSR count). The monoisotopic (exact) mass is 135 g/mol. The van der Waals surface area contributed by atoms with Crippen molar-refractivity contribution in [2.45, 2.75) is 0 Å². The number of nitrogens with two attached hydrogens (primary N) is 1. The van der Waals surface area contributed by atoms with Crippen LogP contribution in [0.4, 0.5) is 5.69 Å². The summed E-state index contributed by atoms with van der Waals surface area (Å²) < 4.78 is 4.79. The minimum atomic E-state index is 0.674. The molecule has 2 N–H and O–H groups in total. The minimum Gasteiger partial charge on any atom is -0.398 e. The van der Waals surface area contributed by atoms with E-state index in [0.29, 0.717) is 11.4 Å². The zero-order valence-electron chi connectivity index (χ0n) is 5.11. The first-order valence-electron chi connectivity index (χ1n) is 2.83. The number of fused-ring (bicyclic) bond motifs is 1. The van der Waals surface area contributed by atoms with Crippen molar-refractivity contribution in [3.63, 3.8) is 0 Å². The van der Waals surface area contributed by atoms with E-state index in [1.807, 2.05) is 0 Å². The number of hydrogen-bond acceptors (Lipinski definition) is 4. The van der Waals surface area contributed by atoms with Crippen LogP contribution in [0, 0.1) is 0 Å². The second-order valence-electron chi connectivity index (χ2n) is 1.98. The van der Waals surface area contributed by atoms with Crippen molar-refractivity contribution in [3.05, 3.63) is 18.3 Å². The molecule has 10 heavy (non-hydrogen) atoms. The topological polar surface area (TPSA) is 64.9 Å². The molecule has 0 aromatic rings. The molecule has 50 valence electrons. The van der Waals surface area contributed by atoms with Gasteiger partial charge in [0.05, 0.1) is 11.8 Å². The van der Waals surface area contributed by atoms with E-state index in [1.54, 1.807) is 18.3 Å². The Morgan fingerprint density at radius 3 is 3.10 bits per heavy atom. The second kappa shape index (κ2) is 1.70. The first-order valence-corrected chi connectivity index (χ1v) is 2.83. The van der Waals surface area contributed by atoms with Crippen LogP contribution in [0.5, 0.6) is 0 Å². The summed E-state index contributed by atoms with van der Waals surface area (Å²) in [7, 11) is 0. The van der Waals surface area contributed by atoms with E-state index in [-0.39, 0.29) is 0 Å². The highest BCUT2D eigenvalue weighted by atomic mass is 16.5. The van der Waals surface area contributed by atoms with E-state index in [2.05, 4.69) is 10.4 Å². The molecule has 2 aliphatic rings. The predicted molar refractivity (Wildman–Crippen MR) is 35.3 cm³/mol. The molecule has 0 radical (unpaired) electrons. The van der Waals surface area contributed by atoms with Crippen molar-refractivity contribution in [1.82, 2.24) is 10.4 Å². The molecule has 0 aromatic carbocycles. The van der Waals surface area contributed by atoms with Crippen LogP contribution >= 0.6 is 0 Å². The number of nitrogens with zero attached hydrogens (tertiary/aromatic N) is 2. The number of rotatable bonds is 0. The highest BCUT2D eigenvalue weighted by Gasteiger charge is 2.08. The summed E-state index contributed by atoms with van der Waals surface area (Å²) in [5.74, 6) is 0.674. The molecule has 0 unspecified atom stereocenters. The lowest BCUT2D eigenvalue weighted by Gasteiger charge is -1.92. The fourth-order valence-electron chi connectivity index (χ4n) is 0.854. The third-order valence-corrected chi connectivity index (χ3v) is 1.36. The van der Waals surface area contributed by atoms with Crippen molar-refractivity contribution in [1.29, 1.82) is 0 Å². The molecule has 1 heterocycles. The molecule has 1 aliphatic heterocycles. The summed E-state index contributed by atoms with van der Waals surface area (Å²) in [6, 6.07) is 3.52. The van der Waals surface area contributed by atoms with E-state index < -0.39 is 0 Å². The van der Waals surface area contributed by atoms with Crippen LogP contribution in [-0.4, -0.2) is 10.4 Å². The van der Waals surface area contributed by atoms with E-state index in [4.69, 9.17) is 10.3 Å². The molecule has 0 fully saturated rings. The van der Waals surface area contributed by atoms with Gasteiger partial charge in [-0.2, -0.15) is 0 Å². The van der Waals surface area contributed by atoms with E-state index >= 15 is 0 Å². The molecule has 0 saturated heterocycles. The van der Waals surface area contributed by atoms with Crippen LogP contribution < -0.4 is 5.73 Å². The van der Waals surface area contributed by atoms with Crippen molar-refractivity contribution < 1.29 is 4.52 Å². The standard InChI is InChI=1S/C6H5N3O/c7-5-1-2-6-4(5)3-8-9-10-6/h1-3H,7H2. The maximum absolute atomic E-state index is 5.55. The Morgan fingerprint density at radius 2 is 2.30 bits per heavy atom. The molecule has 0 atom stereocenters. The first-order chi connectivity index (χ1) is 4.88. The Hall–Kier alpha value is -1.58. The number of anilines is 1. The quantitative estimate of drug-likeness (QED) is 0.579. The lowest BCUT2D eigenvalue weighted by Crippen LogP contribution is -1.86. The molecule has 4 heteroatoms. The highest BCUT2D eigenvalue weighted by molar-refractivity contribution is 5.74. The zero-order chi connectivity index (χ0) is 6.97. The molecular formula is C6H5N3O. The summed E-state index contributed by atoms with van der Waals surface area (Å²) in [5, 5.41) is 6.89. The van der Waals surface area contributed by atoms with Crippen molar-refractivity contribution in [2.24, 2.45) is 0 Å². The van der Waals surface area contributed by atoms with Gasteiger partial charge in [0.1, 0.15) is 0 Å². The van der Waals surface area contributed by atoms with Gasteiger partial charge in [0.25, 0.3) is 0 Å². The average molecular weight is 135 g/mol. The van der Waals surface area contributed by atoms with Crippen LogP contribution in [0.1, 0.15) is 0 Å². The molecule has 0 amide bonds. The summed E-state index contributed by atoms with van der Waals surface area (Å²) in [5.41, 5.74) is 7.04. The van der Waals surface area contributed by atoms with Crippen molar-refractivity contribution >= 4 is 5.69 Å². The van der Waals surface area contributed by atoms with Gasteiger partial charge in [0, 0.05) is 11.0 Å². The minimum absolute atomic E-state index is 0.674. The van der Waals surface area contributed by atoms with Crippen molar-refractivity contribution in [3.8, 4) is 11.3 Å². The third-order valence-electron chi connectivity index (χ3n) is 1.36. The fraction of sp³-hybridized carbons (Fsp3) is 0. The largest absolute Gasteiger partial charge is 0.398 e. The summed E-state index contributed by atoms with van der Waals surface area (Å²) >= 11 is 0. The van der Waals surface area contributed by atoms with Crippen molar-refractivity contribution in [2.75, 3.05) is 5.73 Å². The Bertz CT molecular complexity index is 317. The maximum Gasteiger partial charge on any atom is 0.170 e. The van der Waals surface area contributed by atoms with Crippen LogP contribution in [-0.2, 0) is 0 Å². The van der Waals surface area contributed by atoms with Gasteiger partial charge in [0.15, 0.2) is 5.76 Å². The van der Waals surface area contributed by atoms with Crippen LogP contribution in [0.25, 0.3) is 11.3 Å². The maximum atomic E-state index is 5.55. The summed E-state index contributed by atoms with van der Waals surface area (Å²) in [6.07, 6.45) is 1.58. The Morgan fingerprint density at radius 1 is 1.40 bits per heavy atom. The number of hydrogen-bond donors (Lipinski definition) is 1. The second-order valence-corrected chi connectivity index (χ2v) is 1.98. The molecular weight excluding hydrogens is 130 g/mol. The van der Waals surface area contributed by atoms with Gasteiger partial charge in [-0.15, -0.1) is 5.10 Å². The van der Waals surface area contributed by atoms with Gasteiger partial charge < -0.3 is 10.3 Å². The molecule has 1 aliphatic carbocycles. The lowest BCUT2D eigenvalue weighted by molar-refractivity contribution is 0.372. The Kier molecular flexibility index (Phi) is 0.887. The number of aromatic nitrogens is 2. The average Bonchev–Trinajstić information content (AvgIpc) is 2.34.